The SMILES string of the molecule is CC1CN(C#N)C2[C@@H]1N2C(=O)c1ncc(-c2cnccc2Nc2ccccc2)s1. The van der Waals surface area contributed by atoms with Crippen LogP contribution in [0.1, 0.15) is 16.7 Å². The molecule has 2 fully saturated rings. The Morgan fingerprint density at radius 1 is 1.28 bits per heavy atom. The molecule has 7 nitrogen and oxygen atoms in total. The van der Waals surface area contributed by atoms with E-state index in [2.05, 4.69) is 28.4 Å². The molecule has 2 aliphatic heterocycles. The number of rotatable bonds is 4. The molecule has 1 aromatic carbocycles. The Morgan fingerprint density at radius 3 is 2.90 bits per heavy atom. The molecule has 5 rings (SSSR count). The van der Waals surface area contributed by atoms with Crippen LogP contribution in [0.4, 0.5) is 11.4 Å². The molecule has 0 spiro atoms. The molecule has 0 bridgehead atoms. The minimum absolute atomic E-state index is 0.107. The molecule has 4 heterocycles. The summed E-state index contributed by atoms with van der Waals surface area (Å²) in [5, 5.41) is 13.1. The van der Waals surface area contributed by atoms with E-state index in [0.717, 1.165) is 21.8 Å². The maximum atomic E-state index is 13.0. The number of anilines is 2. The Labute approximate surface area is 172 Å². The maximum absolute atomic E-state index is 13.0. The van der Waals surface area contributed by atoms with E-state index in [1.54, 1.807) is 28.4 Å². The molecule has 1 amide bonds. The monoisotopic (exact) mass is 402 g/mol. The summed E-state index contributed by atoms with van der Waals surface area (Å²) < 4.78 is 0. The lowest BCUT2D eigenvalue weighted by Gasteiger charge is -2.16. The second-order valence-corrected chi connectivity index (χ2v) is 8.32. The Morgan fingerprint density at radius 2 is 2.10 bits per heavy atom. The second kappa shape index (κ2) is 6.87. The van der Waals surface area contributed by atoms with Crippen LogP contribution in [0.2, 0.25) is 0 Å². The van der Waals surface area contributed by atoms with E-state index in [9.17, 15) is 10.1 Å². The van der Waals surface area contributed by atoms with Gasteiger partial charge in [-0.05, 0) is 24.1 Å². The van der Waals surface area contributed by atoms with Crippen molar-refractivity contribution in [2.75, 3.05) is 11.9 Å². The van der Waals surface area contributed by atoms with Crippen molar-refractivity contribution >= 4 is 28.6 Å². The van der Waals surface area contributed by atoms with Crippen molar-refractivity contribution in [2.45, 2.75) is 19.1 Å². The summed E-state index contributed by atoms with van der Waals surface area (Å²) in [6.45, 7) is 2.79. The number of fused-ring (bicyclic) bond motifs is 1. The van der Waals surface area contributed by atoms with E-state index >= 15 is 0 Å². The topological polar surface area (TPSA) is 84.9 Å². The number of amides is 1. The van der Waals surface area contributed by atoms with Crippen LogP contribution in [-0.4, -0.2) is 44.4 Å². The summed E-state index contributed by atoms with van der Waals surface area (Å²) in [5.74, 6) is 0.188. The van der Waals surface area contributed by atoms with Gasteiger partial charge in [-0.15, -0.1) is 11.3 Å². The zero-order chi connectivity index (χ0) is 20.0. The van der Waals surface area contributed by atoms with Gasteiger partial charge in [-0.3, -0.25) is 14.7 Å². The first-order valence-corrected chi connectivity index (χ1v) is 10.2. The molecular weight excluding hydrogens is 384 g/mol. The van der Waals surface area contributed by atoms with Crippen molar-refractivity contribution in [3.63, 3.8) is 0 Å². The van der Waals surface area contributed by atoms with Gasteiger partial charge in [-0.2, -0.15) is 5.26 Å². The largest absolute Gasteiger partial charge is 0.355 e. The zero-order valence-corrected chi connectivity index (χ0v) is 16.5. The molecule has 2 saturated heterocycles. The van der Waals surface area contributed by atoms with E-state index in [0.29, 0.717) is 17.5 Å². The van der Waals surface area contributed by atoms with Crippen molar-refractivity contribution < 1.29 is 4.79 Å². The van der Waals surface area contributed by atoms with Crippen LogP contribution in [-0.2, 0) is 0 Å². The van der Waals surface area contributed by atoms with E-state index in [1.165, 1.54) is 11.3 Å². The number of aromatic nitrogens is 2. The number of thiazole rings is 1. The minimum Gasteiger partial charge on any atom is -0.355 e. The fourth-order valence-electron chi connectivity index (χ4n) is 4.01. The average molecular weight is 402 g/mol. The smallest absolute Gasteiger partial charge is 0.284 e. The average Bonchev–Trinajstić information content (AvgIpc) is 3.12. The number of para-hydroxylation sites is 1. The van der Waals surface area contributed by atoms with Gasteiger partial charge < -0.3 is 10.2 Å². The number of carbonyl (C=O) groups is 1. The number of nitrogens with zero attached hydrogens (tertiary/aromatic N) is 5. The lowest BCUT2D eigenvalue weighted by atomic mass is 10.1. The van der Waals surface area contributed by atoms with Gasteiger partial charge >= 0.3 is 0 Å². The molecule has 1 N–H and O–H groups in total. The summed E-state index contributed by atoms with van der Waals surface area (Å²) in [5.41, 5.74) is 2.77. The highest BCUT2D eigenvalue weighted by Gasteiger charge is 2.62. The number of nitrogens with one attached hydrogen (secondary N) is 1. The van der Waals surface area contributed by atoms with Gasteiger partial charge in [0.15, 0.2) is 11.2 Å². The Balaban J connectivity index is 1.39. The van der Waals surface area contributed by atoms with Gasteiger partial charge in [0.1, 0.15) is 6.17 Å². The van der Waals surface area contributed by atoms with Crippen LogP contribution in [0, 0.1) is 17.4 Å². The molecule has 3 atom stereocenters. The molecule has 29 heavy (non-hydrogen) atoms. The molecule has 2 aromatic heterocycles. The third kappa shape index (κ3) is 3.00. The first-order valence-electron chi connectivity index (χ1n) is 9.38. The van der Waals surface area contributed by atoms with Crippen LogP contribution in [0.25, 0.3) is 10.4 Å². The minimum atomic E-state index is -0.108. The van der Waals surface area contributed by atoms with Gasteiger partial charge in [-0.25, -0.2) is 4.98 Å². The van der Waals surface area contributed by atoms with Crippen molar-refractivity contribution in [3.05, 3.63) is 60.0 Å². The fraction of sp³-hybridized carbons (Fsp3) is 0.238. The third-order valence-electron chi connectivity index (χ3n) is 5.40. The lowest BCUT2D eigenvalue weighted by Crippen LogP contribution is -2.30. The second-order valence-electron chi connectivity index (χ2n) is 7.29. The normalized spacial score (nSPS) is 22.1. The molecule has 2 unspecified atom stereocenters. The molecule has 0 radical (unpaired) electrons. The fourth-order valence-corrected chi connectivity index (χ4v) is 4.89. The Hall–Kier alpha value is -3.44. The summed E-state index contributed by atoms with van der Waals surface area (Å²) in [4.78, 5) is 25.9. The summed E-state index contributed by atoms with van der Waals surface area (Å²) in [7, 11) is 0. The van der Waals surface area contributed by atoms with E-state index in [4.69, 9.17) is 0 Å². The van der Waals surface area contributed by atoms with Gasteiger partial charge in [0.2, 0.25) is 0 Å². The number of nitriles is 1. The summed E-state index contributed by atoms with van der Waals surface area (Å²) >= 11 is 1.35. The number of hydrogen-bond acceptors (Lipinski definition) is 7. The van der Waals surface area contributed by atoms with Crippen molar-refractivity contribution in [2.24, 2.45) is 5.92 Å². The van der Waals surface area contributed by atoms with Crippen LogP contribution in [0.15, 0.2) is 55.0 Å². The number of benzene rings is 1. The van der Waals surface area contributed by atoms with Gasteiger partial charge in [0.25, 0.3) is 5.91 Å². The first-order chi connectivity index (χ1) is 14.2. The quantitative estimate of drug-likeness (QED) is 0.531. The molecule has 0 aliphatic carbocycles. The highest BCUT2D eigenvalue weighted by molar-refractivity contribution is 7.17. The molecule has 0 saturated carbocycles. The number of pyridine rings is 1. The van der Waals surface area contributed by atoms with Crippen LogP contribution in [0.3, 0.4) is 0 Å². The third-order valence-corrected chi connectivity index (χ3v) is 6.42. The van der Waals surface area contributed by atoms with Gasteiger partial charge in [-0.1, -0.05) is 25.1 Å². The summed E-state index contributed by atoms with van der Waals surface area (Å²) in [6.07, 6.45) is 7.31. The number of hydrogen-bond donors (Lipinski definition) is 1. The lowest BCUT2D eigenvalue weighted by molar-refractivity contribution is 0.0816. The molecule has 3 aromatic rings. The molecule has 2 aliphatic rings. The highest BCUT2D eigenvalue weighted by Crippen LogP contribution is 2.45. The first kappa shape index (κ1) is 17.6. The van der Waals surface area contributed by atoms with Crippen molar-refractivity contribution in [3.8, 4) is 16.6 Å². The molecular formula is C21H18N6OS. The van der Waals surface area contributed by atoms with E-state index in [-0.39, 0.29) is 18.1 Å². The van der Waals surface area contributed by atoms with Crippen LogP contribution >= 0.6 is 11.3 Å². The predicted molar refractivity (Wildman–Crippen MR) is 110 cm³/mol. The molecule has 144 valence electrons. The summed E-state index contributed by atoms with van der Waals surface area (Å²) in [6, 6.07) is 11.9. The van der Waals surface area contributed by atoms with Crippen LogP contribution in [0.5, 0.6) is 0 Å². The zero-order valence-electron chi connectivity index (χ0n) is 15.7. The molecule has 8 heteroatoms. The Bertz CT molecular complexity index is 1110. The van der Waals surface area contributed by atoms with Gasteiger partial charge in [0, 0.05) is 36.4 Å². The highest BCUT2D eigenvalue weighted by atomic mass is 32.1. The van der Waals surface area contributed by atoms with Crippen LogP contribution < -0.4 is 5.32 Å². The predicted octanol–water partition coefficient (Wildman–Crippen LogP) is 3.53. The Kier molecular flexibility index (Phi) is 4.18. The van der Waals surface area contributed by atoms with E-state index in [1.807, 2.05) is 36.4 Å². The standard InChI is InChI=1S/C21H18N6OS/c1-13-11-26(12-22)20-18(13)27(20)21(28)19-24-10-17(29-19)15-9-23-8-7-16(15)25-14-5-3-2-4-6-14/h2-10,13,18,20H,11H2,1H3,(H,23,25)/t13?,18-,20?,27?/m1/s1. The van der Waals surface area contributed by atoms with Crippen molar-refractivity contribution in [1.82, 2.24) is 19.8 Å². The van der Waals surface area contributed by atoms with E-state index < -0.39 is 0 Å². The number of likely N-dealkylation sites (tertiary alicyclic amines) is 1. The maximum Gasteiger partial charge on any atom is 0.284 e. The van der Waals surface area contributed by atoms with Crippen molar-refractivity contribution in [1.29, 1.82) is 5.26 Å². The number of carbonyl (C=O) groups excluding carboxylic acids is 1. The van der Waals surface area contributed by atoms with Gasteiger partial charge in [0.05, 0.1) is 16.6 Å².